The summed E-state index contributed by atoms with van der Waals surface area (Å²) in [5.41, 5.74) is 0.640. The molecule has 0 saturated carbocycles. The van der Waals surface area contributed by atoms with Crippen molar-refractivity contribution in [3.05, 3.63) is 32.6 Å². The fourth-order valence-corrected chi connectivity index (χ4v) is 3.14. The van der Waals surface area contributed by atoms with Gasteiger partial charge >= 0.3 is 0 Å². The predicted octanol–water partition coefficient (Wildman–Crippen LogP) is 3.11. The number of benzene rings is 1. The van der Waals surface area contributed by atoms with Gasteiger partial charge in [0, 0.05) is 6.92 Å². The topological polar surface area (TPSA) is 67.8 Å². The summed E-state index contributed by atoms with van der Waals surface area (Å²) < 4.78 is 5.06. The minimum atomic E-state index is -0.424. The van der Waals surface area contributed by atoms with Gasteiger partial charge in [0.2, 0.25) is 5.91 Å². The van der Waals surface area contributed by atoms with Crippen LogP contribution in [-0.4, -0.2) is 24.1 Å². The van der Waals surface area contributed by atoms with Gasteiger partial charge in [-0.05, 0) is 35.5 Å². The monoisotopic (exact) mass is 344 g/mol. The Balaban J connectivity index is 2.26. The van der Waals surface area contributed by atoms with E-state index in [9.17, 15) is 9.59 Å². The highest BCUT2D eigenvalue weighted by molar-refractivity contribution is 8.18. The standard InChI is InChI=1S/C13H10Cl2N2O3S/c1-6(18)16-13-17-12(19)10(21-13)5-7-3-8(14)11(20-2)9(15)4-7/h3-5H,1-2H3,(H,16,17,18,19)/b10-5+. The summed E-state index contributed by atoms with van der Waals surface area (Å²) >= 11 is 13.2. The van der Waals surface area contributed by atoms with E-state index >= 15 is 0 Å². The van der Waals surface area contributed by atoms with Crippen LogP contribution in [0.3, 0.4) is 0 Å². The number of hydrogen-bond donors (Lipinski definition) is 1. The Kier molecular flexibility index (Phi) is 4.92. The summed E-state index contributed by atoms with van der Waals surface area (Å²) in [6.07, 6.45) is 1.60. The molecule has 21 heavy (non-hydrogen) atoms. The second kappa shape index (κ2) is 6.51. The van der Waals surface area contributed by atoms with Crippen LogP contribution in [-0.2, 0) is 9.59 Å². The number of rotatable bonds is 2. The summed E-state index contributed by atoms with van der Waals surface area (Å²) in [6, 6.07) is 3.26. The Hall–Kier alpha value is -1.50. The van der Waals surface area contributed by atoms with E-state index in [4.69, 9.17) is 27.9 Å². The van der Waals surface area contributed by atoms with Gasteiger partial charge in [-0.25, -0.2) is 0 Å². The Morgan fingerprint density at radius 3 is 2.52 bits per heavy atom. The number of carbonyl (C=O) groups is 2. The van der Waals surface area contributed by atoms with Crippen molar-refractivity contribution < 1.29 is 14.3 Å². The number of amidine groups is 1. The minimum Gasteiger partial charge on any atom is -0.494 e. The number of nitrogens with zero attached hydrogens (tertiary/aromatic N) is 1. The fraction of sp³-hybridized carbons (Fsp3) is 0.154. The van der Waals surface area contributed by atoms with Crippen LogP contribution in [0.4, 0.5) is 0 Å². The van der Waals surface area contributed by atoms with Crippen LogP contribution in [0.25, 0.3) is 6.08 Å². The van der Waals surface area contributed by atoms with Crippen molar-refractivity contribution in [2.24, 2.45) is 4.99 Å². The average molecular weight is 345 g/mol. The molecule has 5 nitrogen and oxygen atoms in total. The Morgan fingerprint density at radius 2 is 2.00 bits per heavy atom. The Morgan fingerprint density at radius 1 is 1.38 bits per heavy atom. The third-order valence-corrected chi connectivity index (χ3v) is 3.89. The van der Waals surface area contributed by atoms with Crippen LogP contribution in [0, 0.1) is 0 Å². The van der Waals surface area contributed by atoms with E-state index in [1.54, 1.807) is 18.2 Å². The highest BCUT2D eigenvalue weighted by Gasteiger charge is 2.22. The number of hydrogen-bond acceptors (Lipinski definition) is 4. The molecule has 0 saturated heterocycles. The van der Waals surface area contributed by atoms with Crippen LogP contribution in [0.15, 0.2) is 22.0 Å². The maximum Gasteiger partial charge on any atom is 0.286 e. The number of thioether (sulfide) groups is 1. The molecule has 1 heterocycles. The van der Waals surface area contributed by atoms with Gasteiger partial charge in [0.25, 0.3) is 5.91 Å². The summed E-state index contributed by atoms with van der Waals surface area (Å²) in [4.78, 5) is 26.8. The van der Waals surface area contributed by atoms with Crippen molar-refractivity contribution in [2.45, 2.75) is 6.92 Å². The first kappa shape index (κ1) is 15.9. The van der Waals surface area contributed by atoms with E-state index in [-0.39, 0.29) is 11.1 Å². The maximum absolute atomic E-state index is 11.7. The molecule has 110 valence electrons. The second-order valence-corrected chi connectivity index (χ2v) is 5.88. The third-order valence-electron chi connectivity index (χ3n) is 2.43. The lowest BCUT2D eigenvalue weighted by molar-refractivity contribution is -0.117. The molecule has 1 aromatic rings. The minimum absolute atomic E-state index is 0.254. The highest BCUT2D eigenvalue weighted by atomic mass is 35.5. The van der Waals surface area contributed by atoms with Crippen molar-refractivity contribution in [3.63, 3.8) is 0 Å². The summed E-state index contributed by atoms with van der Waals surface area (Å²) in [6.45, 7) is 1.35. The number of nitrogens with one attached hydrogen (secondary N) is 1. The number of methoxy groups -OCH3 is 1. The van der Waals surface area contributed by atoms with Crippen molar-refractivity contribution in [2.75, 3.05) is 7.11 Å². The number of carbonyl (C=O) groups excluding carboxylic acids is 2. The number of halogens is 2. The summed E-state index contributed by atoms with van der Waals surface area (Å²) in [5.74, 6) is -0.335. The second-order valence-electron chi connectivity index (χ2n) is 4.03. The molecular formula is C13H10Cl2N2O3S. The van der Waals surface area contributed by atoms with Crippen LogP contribution < -0.4 is 10.1 Å². The van der Waals surface area contributed by atoms with Crippen LogP contribution >= 0.6 is 35.0 Å². The normalized spacial score (nSPS) is 16.1. The van der Waals surface area contributed by atoms with Crippen LogP contribution in [0.2, 0.25) is 10.0 Å². The predicted molar refractivity (Wildman–Crippen MR) is 84.8 cm³/mol. The molecule has 0 radical (unpaired) electrons. The summed E-state index contributed by atoms with van der Waals surface area (Å²) in [7, 11) is 1.47. The zero-order chi connectivity index (χ0) is 15.6. The van der Waals surface area contributed by atoms with Crippen molar-refractivity contribution in [3.8, 4) is 5.75 Å². The van der Waals surface area contributed by atoms with Crippen molar-refractivity contribution >= 4 is 58.0 Å². The van der Waals surface area contributed by atoms with E-state index in [0.29, 0.717) is 26.3 Å². The Labute approximate surface area is 135 Å². The molecule has 0 spiro atoms. The van der Waals surface area contributed by atoms with Gasteiger partial charge in [-0.1, -0.05) is 23.2 Å². The Bertz CT molecular complexity index is 663. The molecule has 0 aliphatic carbocycles. The molecule has 1 N–H and O–H groups in total. The van der Waals surface area contributed by atoms with E-state index in [1.807, 2.05) is 0 Å². The molecule has 2 rings (SSSR count). The molecule has 8 heteroatoms. The van der Waals surface area contributed by atoms with Gasteiger partial charge in [-0.15, -0.1) is 0 Å². The van der Waals surface area contributed by atoms with Gasteiger partial charge in [0.1, 0.15) is 0 Å². The van der Waals surface area contributed by atoms with Gasteiger partial charge in [-0.3, -0.25) is 9.59 Å². The molecule has 0 unspecified atom stereocenters. The quantitative estimate of drug-likeness (QED) is 0.837. The first-order valence-electron chi connectivity index (χ1n) is 5.74. The zero-order valence-corrected chi connectivity index (χ0v) is 13.4. The lowest BCUT2D eigenvalue weighted by atomic mass is 10.2. The molecular weight excluding hydrogens is 335 g/mol. The molecule has 2 amide bonds. The first-order chi connectivity index (χ1) is 9.90. The van der Waals surface area contributed by atoms with Gasteiger partial charge < -0.3 is 10.1 Å². The van der Waals surface area contributed by atoms with Crippen LogP contribution in [0.1, 0.15) is 12.5 Å². The third kappa shape index (κ3) is 3.78. The lowest BCUT2D eigenvalue weighted by Crippen LogP contribution is -2.23. The van der Waals surface area contributed by atoms with E-state index in [1.165, 1.54) is 14.0 Å². The molecule has 1 aliphatic heterocycles. The first-order valence-corrected chi connectivity index (χ1v) is 7.31. The largest absolute Gasteiger partial charge is 0.494 e. The van der Waals surface area contributed by atoms with Crippen molar-refractivity contribution in [1.29, 1.82) is 0 Å². The molecule has 0 atom stereocenters. The molecule has 0 aromatic heterocycles. The van der Waals surface area contributed by atoms with E-state index < -0.39 is 5.91 Å². The van der Waals surface area contributed by atoms with Crippen LogP contribution in [0.5, 0.6) is 5.75 Å². The van der Waals surface area contributed by atoms with Gasteiger partial charge in [-0.2, -0.15) is 4.99 Å². The highest BCUT2D eigenvalue weighted by Crippen LogP contribution is 2.35. The fourth-order valence-electron chi connectivity index (χ4n) is 1.62. The molecule has 0 bridgehead atoms. The van der Waals surface area contributed by atoms with Gasteiger partial charge in [0.15, 0.2) is 10.9 Å². The molecule has 0 fully saturated rings. The maximum atomic E-state index is 11.7. The van der Waals surface area contributed by atoms with Gasteiger partial charge in [0.05, 0.1) is 22.1 Å². The molecule has 1 aromatic carbocycles. The summed E-state index contributed by atoms with van der Waals surface area (Å²) in [5, 5.41) is 3.41. The smallest absolute Gasteiger partial charge is 0.286 e. The number of aliphatic imine (C=N–C) groups is 1. The molecule has 1 aliphatic rings. The van der Waals surface area contributed by atoms with Crippen molar-refractivity contribution in [1.82, 2.24) is 5.32 Å². The number of ether oxygens (including phenoxy) is 1. The van der Waals surface area contributed by atoms with E-state index in [2.05, 4.69) is 10.3 Å². The number of amides is 2. The zero-order valence-electron chi connectivity index (χ0n) is 11.1. The average Bonchev–Trinajstić information content (AvgIpc) is 2.68. The van der Waals surface area contributed by atoms with E-state index in [0.717, 1.165) is 11.8 Å². The lowest BCUT2D eigenvalue weighted by Gasteiger charge is -2.06. The SMILES string of the molecule is COc1c(Cl)cc(/C=C2/SC(NC(C)=O)=NC2=O)cc1Cl.